The number of primary amides is 1. The first-order valence-electron chi connectivity index (χ1n) is 8.03. The molecule has 0 radical (unpaired) electrons. The van der Waals surface area contributed by atoms with Gasteiger partial charge in [-0.3, -0.25) is 13.8 Å². The summed E-state index contributed by atoms with van der Waals surface area (Å²) in [5.41, 5.74) is 6.41. The van der Waals surface area contributed by atoms with E-state index in [1.54, 1.807) is 31.2 Å². The molecule has 0 aromatic heterocycles. The average Bonchev–Trinajstić information content (AvgIpc) is 2.82. The van der Waals surface area contributed by atoms with Crippen LogP contribution in [0.4, 0.5) is 0 Å². The van der Waals surface area contributed by atoms with Crippen molar-refractivity contribution in [3.05, 3.63) is 35.4 Å². The summed E-state index contributed by atoms with van der Waals surface area (Å²) in [7, 11) is -1.32. The molecular weight excluding hydrogens is 312 g/mol. The Morgan fingerprint density at radius 1 is 1.22 bits per heavy atom. The van der Waals surface area contributed by atoms with Crippen LogP contribution in [0.1, 0.15) is 48.5 Å². The van der Waals surface area contributed by atoms with Crippen molar-refractivity contribution >= 4 is 22.6 Å². The molecule has 0 saturated carbocycles. The minimum absolute atomic E-state index is 0.0312. The molecule has 1 aromatic carbocycles. The Labute approximate surface area is 139 Å². The third-order valence-corrected chi connectivity index (χ3v) is 5.79. The van der Waals surface area contributed by atoms with Gasteiger partial charge in [0, 0.05) is 35.2 Å². The summed E-state index contributed by atoms with van der Waals surface area (Å²) < 4.78 is 12.5. The van der Waals surface area contributed by atoms with Crippen LogP contribution < -0.4 is 5.73 Å². The van der Waals surface area contributed by atoms with Gasteiger partial charge in [0.05, 0.1) is 0 Å². The number of rotatable bonds is 5. The normalized spacial score (nSPS) is 18.0. The van der Waals surface area contributed by atoms with Crippen molar-refractivity contribution in [1.29, 1.82) is 0 Å². The van der Waals surface area contributed by atoms with Gasteiger partial charge in [-0.15, -0.1) is 0 Å². The minimum atomic E-state index is -1.32. The largest absolute Gasteiger partial charge is 0.366 e. The molecule has 5 nitrogen and oxygen atoms in total. The van der Waals surface area contributed by atoms with Crippen molar-refractivity contribution in [3.63, 3.8) is 0 Å². The molecule has 0 aliphatic carbocycles. The molecular formula is C17H24N2O3S. The first-order valence-corrected chi connectivity index (χ1v) is 9.42. The molecule has 2 atom stereocenters. The number of hydrogen-bond donors (Lipinski definition) is 1. The van der Waals surface area contributed by atoms with E-state index in [0.29, 0.717) is 5.56 Å². The number of carbonyl (C=O) groups excluding carboxylic acids is 2. The Kier molecular flexibility index (Phi) is 6.33. The highest BCUT2D eigenvalue weighted by Gasteiger charge is 2.26. The van der Waals surface area contributed by atoms with Gasteiger partial charge in [0.15, 0.2) is 0 Å². The fraction of sp³-hybridized carbons (Fsp3) is 0.529. The maximum absolute atomic E-state index is 12.5. The lowest BCUT2D eigenvalue weighted by atomic mass is 10.1. The fourth-order valence-corrected chi connectivity index (χ4v) is 3.90. The van der Waals surface area contributed by atoms with Crippen LogP contribution in [0.5, 0.6) is 0 Å². The van der Waals surface area contributed by atoms with Crippen molar-refractivity contribution in [1.82, 2.24) is 4.90 Å². The van der Waals surface area contributed by atoms with Gasteiger partial charge in [0.1, 0.15) is 5.25 Å². The van der Waals surface area contributed by atoms with Crippen LogP contribution in [-0.4, -0.2) is 39.3 Å². The van der Waals surface area contributed by atoms with Gasteiger partial charge < -0.3 is 10.6 Å². The Morgan fingerprint density at radius 3 is 2.48 bits per heavy atom. The van der Waals surface area contributed by atoms with E-state index in [2.05, 4.69) is 0 Å². The number of benzene rings is 1. The molecule has 23 heavy (non-hydrogen) atoms. The molecule has 0 spiro atoms. The predicted octanol–water partition coefficient (Wildman–Crippen LogP) is 1.83. The third-order valence-electron chi connectivity index (χ3n) is 4.18. The van der Waals surface area contributed by atoms with E-state index < -0.39 is 22.0 Å². The van der Waals surface area contributed by atoms with Crippen LogP contribution in [0, 0.1) is 0 Å². The van der Waals surface area contributed by atoms with Crippen LogP contribution in [0.15, 0.2) is 24.3 Å². The number of carbonyl (C=O) groups is 2. The topological polar surface area (TPSA) is 80.5 Å². The van der Waals surface area contributed by atoms with Crippen LogP contribution in [0.25, 0.3) is 0 Å². The Morgan fingerprint density at radius 2 is 1.87 bits per heavy atom. The maximum Gasteiger partial charge on any atom is 0.248 e. The molecule has 1 aliphatic rings. The molecule has 126 valence electrons. The summed E-state index contributed by atoms with van der Waals surface area (Å²) in [5, 5.41) is -0.537. The molecule has 2 N–H and O–H groups in total. The zero-order valence-corrected chi connectivity index (χ0v) is 14.3. The minimum Gasteiger partial charge on any atom is -0.366 e. The number of amides is 2. The van der Waals surface area contributed by atoms with Crippen molar-refractivity contribution in [2.75, 3.05) is 13.1 Å². The lowest BCUT2D eigenvalue weighted by molar-refractivity contribution is -0.130. The van der Waals surface area contributed by atoms with Gasteiger partial charge >= 0.3 is 0 Å². The molecule has 1 heterocycles. The second-order valence-electron chi connectivity index (χ2n) is 5.97. The van der Waals surface area contributed by atoms with Crippen LogP contribution in [0.2, 0.25) is 0 Å². The zero-order valence-electron chi connectivity index (χ0n) is 13.5. The first kappa shape index (κ1) is 17.7. The summed E-state index contributed by atoms with van der Waals surface area (Å²) in [6.07, 6.45) is 4.35. The summed E-state index contributed by atoms with van der Waals surface area (Å²) >= 11 is 0. The molecule has 2 amide bonds. The Bertz CT molecular complexity index is 595. The van der Waals surface area contributed by atoms with Gasteiger partial charge in [-0.05, 0) is 37.5 Å². The second-order valence-corrected chi connectivity index (χ2v) is 7.73. The van der Waals surface area contributed by atoms with E-state index >= 15 is 0 Å². The number of likely N-dealkylation sites (tertiary alicyclic amines) is 1. The van der Waals surface area contributed by atoms with Gasteiger partial charge in [-0.25, -0.2) is 0 Å². The van der Waals surface area contributed by atoms with Crippen molar-refractivity contribution < 1.29 is 13.8 Å². The smallest absolute Gasteiger partial charge is 0.248 e. The predicted molar refractivity (Wildman–Crippen MR) is 91.3 cm³/mol. The van der Waals surface area contributed by atoms with E-state index in [-0.39, 0.29) is 11.7 Å². The highest BCUT2D eigenvalue weighted by Crippen LogP contribution is 2.15. The monoisotopic (exact) mass is 336 g/mol. The highest BCUT2D eigenvalue weighted by atomic mass is 32.2. The van der Waals surface area contributed by atoms with Crippen molar-refractivity contribution in [2.24, 2.45) is 5.73 Å². The summed E-state index contributed by atoms with van der Waals surface area (Å²) in [4.78, 5) is 25.6. The second kappa shape index (κ2) is 8.24. The number of hydrogen-bond acceptors (Lipinski definition) is 3. The van der Waals surface area contributed by atoms with E-state index in [9.17, 15) is 13.8 Å². The molecule has 6 heteroatoms. The fourth-order valence-electron chi connectivity index (χ4n) is 2.76. The molecule has 1 fully saturated rings. The van der Waals surface area contributed by atoms with Gasteiger partial charge in [-0.1, -0.05) is 25.0 Å². The van der Waals surface area contributed by atoms with Crippen molar-refractivity contribution in [3.8, 4) is 0 Å². The Hall–Kier alpha value is -1.69. The summed E-state index contributed by atoms with van der Waals surface area (Å²) in [6.45, 7) is 3.25. The highest BCUT2D eigenvalue weighted by molar-refractivity contribution is 7.85. The standard InChI is InChI=1S/C17H24N2O3S/c1-13(17(21)19-9-4-2-3-5-10-19)23(22)12-14-7-6-8-15(11-14)16(18)20/h6-8,11,13H,2-5,9-10,12H2,1H3,(H2,18,20)/t13-,23-/m0/s1. The molecule has 0 unspecified atom stereocenters. The van der Waals surface area contributed by atoms with E-state index in [1.807, 2.05) is 4.90 Å². The van der Waals surface area contributed by atoms with Crippen LogP contribution in [0.3, 0.4) is 0 Å². The van der Waals surface area contributed by atoms with Crippen LogP contribution in [-0.2, 0) is 21.3 Å². The van der Waals surface area contributed by atoms with E-state index in [1.165, 1.54) is 0 Å². The summed E-state index contributed by atoms with van der Waals surface area (Å²) in [5.74, 6) is -0.287. The van der Waals surface area contributed by atoms with Gasteiger partial charge in [0.25, 0.3) is 0 Å². The van der Waals surface area contributed by atoms with Crippen LogP contribution >= 0.6 is 0 Å². The van der Waals surface area contributed by atoms with E-state index in [4.69, 9.17) is 5.73 Å². The lowest BCUT2D eigenvalue weighted by Gasteiger charge is -2.23. The zero-order chi connectivity index (χ0) is 16.8. The van der Waals surface area contributed by atoms with E-state index in [0.717, 1.165) is 44.3 Å². The number of nitrogens with zero attached hydrogens (tertiary/aromatic N) is 1. The third kappa shape index (κ3) is 4.89. The SMILES string of the molecule is C[C@@H](C(=O)N1CCCCCC1)[S@@](=O)Cc1cccc(C(N)=O)c1. The quantitative estimate of drug-likeness (QED) is 0.890. The molecule has 1 saturated heterocycles. The molecule has 1 aliphatic heterocycles. The molecule has 1 aromatic rings. The first-order chi connectivity index (χ1) is 11.0. The van der Waals surface area contributed by atoms with Gasteiger partial charge in [0.2, 0.25) is 11.8 Å². The number of nitrogens with two attached hydrogens (primary N) is 1. The van der Waals surface area contributed by atoms with Gasteiger partial charge in [-0.2, -0.15) is 0 Å². The maximum atomic E-state index is 12.5. The van der Waals surface area contributed by atoms with Crippen molar-refractivity contribution in [2.45, 2.75) is 43.6 Å². The lowest BCUT2D eigenvalue weighted by Crippen LogP contribution is -2.40. The molecule has 0 bridgehead atoms. The Balaban J connectivity index is 2.00. The summed E-state index contributed by atoms with van der Waals surface area (Å²) in [6, 6.07) is 6.78. The molecule has 2 rings (SSSR count). The average molecular weight is 336 g/mol.